The summed E-state index contributed by atoms with van der Waals surface area (Å²) in [5.74, 6) is 0.0466. The SMILES string of the molecule is CC.CC(C)CCOC(C)(C)C.CN1CCN(c2ccc3cc(/C=C(\C#N)C(N)=O)ccc3c2)CC1. The van der Waals surface area contributed by atoms with Crippen molar-refractivity contribution in [2.45, 2.75) is 60.5 Å². The molecule has 198 valence electrons. The number of likely N-dealkylation sites (N-methyl/N-ethyl adjacent to an activating group) is 1. The first kappa shape index (κ1) is 31.2. The normalized spacial score (nSPS) is 14.4. The maximum atomic E-state index is 11.2. The van der Waals surface area contributed by atoms with Crippen molar-refractivity contribution in [2.75, 3.05) is 44.7 Å². The lowest BCUT2D eigenvalue weighted by Crippen LogP contribution is -2.44. The zero-order chi connectivity index (χ0) is 27.3. The minimum Gasteiger partial charge on any atom is -0.376 e. The van der Waals surface area contributed by atoms with E-state index in [1.807, 2.05) is 38.1 Å². The van der Waals surface area contributed by atoms with Crippen LogP contribution in [0.5, 0.6) is 0 Å². The van der Waals surface area contributed by atoms with Crippen LogP contribution in [0.1, 0.15) is 60.5 Å². The summed E-state index contributed by atoms with van der Waals surface area (Å²) in [7, 11) is 2.15. The predicted molar refractivity (Wildman–Crippen MR) is 153 cm³/mol. The monoisotopic (exact) mass is 494 g/mol. The van der Waals surface area contributed by atoms with Crippen LogP contribution in [0.2, 0.25) is 0 Å². The molecular weight excluding hydrogens is 448 g/mol. The van der Waals surface area contributed by atoms with Gasteiger partial charge in [0.15, 0.2) is 0 Å². The summed E-state index contributed by atoms with van der Waals surface area (Å²) in [4.78, 5) is 15.9. The molecule has 0 unspecified atom stereocenters. The van der Waals surface area contributed by atoms with E-state index in [1.54, 1.807) is 0 Å². The van der Waals surface area contributed by atoms with E-state index in [4.69, 9.17) is 15.7 Å². The molecule has 2 N–H and O–H groups in total. The van der Waals surface area contributed by atoms with E-state index < -0.39 is 5.91 Å². The lowest BCUT2D eigenvalue weighted by atomic mass is 10.0. The van der Waals surface area contributed by atoms with Gasteiger partial charge in [0.2, 0.25) is 0 Å². The van der Waals surface area contributed by atoms with Crippen molar-refractivity contribution in [2.24, 2.45) is 11.7 Å². The Morgan fingerprint density at radius 2 is 1.67 bits per heavy atom. The van der Waals surface area contributed by atoms with Gasteiger partial charge in [-0.15, -0.1) is 0 Å². The summed E-state index contributed by atoms with van der Waals surface area (Å²) in [5.41, 5.74) is 7.21. The average molecular weight is 495 g/mol. The highest BCUT2D eigenvalue weighted by Gasteiger charge is 2.14. The van der Waals surface area contributed by atoms with Gasteiger partial charge in [0.05, 0.1) is 5.60 Å². The molecule has 0 atom stereocenters. The molecule has 0 aliphatic carbocycles. The highest BCUT2D eigenvalue weighted by atomic mass is 16.5. The van der Waals surface area contributed by atoms with Gasteiger partial charge in [-0.25, -0.2) is 0 Å². The Morgan fingerprint density at radius 1 is 1.08 bits per heavy atom. The fraction of sp³-hybridized carbons (Fsp3) is 0.533. The smallest absolute Gasteiger partial charge is 0.259 e. The van der Waals surface area contributed by atoms with E-state index in [2.05, 4.69) is 69.7 Å². The van der Waals surface area contributed by atoms with E-state index in [9.17, 15) is 4.79 Å². The second-order valence-corrected chi connectivity index (χ2v) is 10.3. The molecule has 1 amide bonds. The van der Waals surface area contributed by atoms with Crippen LogP contribution in [-0.2, 0) is 9.53 Å². The number of nitrogens with two attached hydrogens (primary N) is 1. The fourth-order valence-electron chi connectivity index (χ4n) is 3.53. The number of amides is 1. The summed E-state index contributed by atoms with van der Waals surface area (Å²) in [6.07, 6.45) is 2.69. The molecule has 2 aromatic carbocycles. The molecular formula is C30H46N4O2. The lowest BCUT2D eigenvalue weighted by molar-refractivity contribution is -0.114. The third-order valence-electron chi connectivity index (χ3n) is 5.64. The number of carbonyl (C=O) groups is 1. The summed E-state index contributed by atoms with van der Waals surface area (Å²) in [5, 5.41) is 11.2. The van der Waals surface area contributed by atoms with Gasteiger partial charge in [0, 0.05) is 38.5 Å². The van der Waals surface area contributed by atoms with Crippen molar-refractivity contribution in [3.63, 3.8) is 0 Å². The molecule has 6 nitrogen and oxygen atoms in total. The average Bonchev–Trinajstić information content (AvgIpc) is 2.83. The maximum absolute atomic E-state index is 11.2. The number of carbonyl (C=O) groups excluding carboxylic acids is 1. The highest BCUT2D eigenvalue weighted by Crippen LogP contribution is 2.25. The van der Waals surface area contributed by atoms with Crippen LogP contribution in [0.4, 0.5) is 5.69 Å². The van der Waals surface area contributed by atoms with E-state index >= 15 is 0 Å². The van der Waals surface area contributed by atoms with Gasteiger partial charge in [-0.05, 0) is 80.8 Å². The number of nitrogens with zero attached hydrogens (tertiary/aromatic N) is 3. The van der Waals surface area contributed by atoms with E-state index in [1.165, 1.54) is 11.8 Å². The van der Waals surface area contributed by atoms with Gasteiger partial charge in [0.25, 0.3) is 5.91 Å². The predicted octanol–water partition coefficient (Wildman–Crippen LogP) is 5.86. The maximum Gasteiger partial charge on any atom is 0.259 e. The van der Waals surface area contributed by atoms with Crippen LogP contribution in [0.3, 0.4) is 0 Å². The quantitative estimate of drug-likeness (QED) is 0.402. The lowest BCUT2D eigenvalue weighted by Gasteiger charge is -2.34. The molecule has 0 aromatic heterocycles. The van der Waals surface area contributed by atoms with Crippen LogP contribution >= 0.6 is 0 Å². The van der Waals surface area contributed by atoms with Gasteiger partial charge >= 0.3 is 0 Å². The first-order valence-electron chi connectivity index (χ1n) is 13.0. The molecule has 2 aromatic rings. The number of ether oxygens (including phenoxy) is 1. The largest absolute Gasteiger partial charge is 0.376 e. The zero-order valence-corrected chi connectivity index (χ0v) is 23.6. The Labute approximate surface area is 218 Å². The van der Waals surface area contributed by atoms with Gasteiger partial charge in [-0.3, -0.25) is 4.79 Å². The van der Waals surface area contributed by atoms with Crippen molar-refractivity contribution in [1.82, 2.24) is 4.90 Å². The number of rotatable bonds is 6. The number of nitriles is 1. The third-order valence-corrected chi connectivity index (χ3v) is 5.64. The number of hydrogen-bond acceptors (Lipinski definition) is 5. The van der Waals surface area contributed by atoms with Crippen molar-refractivity contribution in [1.29, 1.82) is 5.26 Å². The molecule has 6 heteroatoms. The number of anilines is 1. The first-order chi connectivity index (χ1) is 17.0. The second-order valence-electron chi connectivity index (χ2n) is 10.3. The number of fused-ring (bicyclic) bond motifs is 1. The molecule has 0 spiro atoms. The minimum absolute atomic E-state index is 0.0366. The van der Waals surface area contributed by atoms with Crippen LogP contribution in [0.15, 0.2) is 42.0 Å². The van der Waals surface area contributed by atoms with Crippen molar-refractivity contribution < 1.29 is 9.53 Å². The topological polar surface area (TPSA) is 82.6 Å². The standard InChI is InChI=1S/C19H20N4O.C9H20O.C2H6/c1-22-6-8-23(9-7-22)18-5-4-15-10-14(2-3-16(15)12-18)11-17(13-20)19(21)24;1-8(2)6-7-10-9(3,4)5;1-2/h2-5,10-12H,6-9H2,1H3,(H2,21,24);8H,6-7H2,1-5H3;1-2H3/b17-11+;;. The van der Waals surface area contributed by atoms with Gasteiger partial charge in [-0.1, -0.05) is 45.9 Å². The number of benzene rings is 2. The summed E-state index contributed by atoms with van der Waals surface area (Å²) < 4.78 is 5.54. The molecule has 0 saturated carbocycles. The summed E-state index contributed by atoms with van der Waals surface area (Å²) in [6, 6.07) is 14.1. The first-order valence-corrected chi connectivity index (χ1v) is 13.0. The molecule has 1 aliphatic heterocycles. The third kappa shape index (κ3) is 11.2. The fourth-order valence-corrected chi connectivity index (χ4v) is 3.53. The minimum atomic E-state index is -0.706. The molecule has 0 bridgehead atoms. The molecule has 1 fully saturated rings. The molecule has 1 aliphatic rings. The number of piperazine rings is 1. The van der Waals surface area contributed by atoms with Gasteiger partial charge in [0.1, 0.15) is 11.6 Å². The van der Waals surface area contributed by atoms with E-state index in [0.29, 0.717) is 0 Å². The summed E-state index contributed by atoms with van der Waals surface area (Å²) in [6.45, 7) is 19.8. The molecule has 0 radical (unpaired) electrons. The Hall–Kier alpha value is -2.88. The van der Waals surface area contributed by atoms with Crippen LogP contribution < -0.4 is 10.6 Å². The second kappa shape index (κ2) is 15.3. The Bertz CT molecular complexity index is 1020. The van der Waals surface area contributed by atoms with Crippen molar-refractivity contribution in [3.8, 4) is 6.07 Å². The molecule has 36 heavy (non-hydrogen) atoms. The van der Waals surface area contributed by atoms with Crippen molar-refractivity contribution in [3.05, 3.63) is 47.5 Å². The zero-order valence-electron chi connectivity index (χ0n) is 23.6. The Kier molecular flexibility index (Phi) is 13.2. The van der Waals surface area contributed by atoms with Crippen LogP contribution in [0.25, 0.3) is 16.8 Å². The Morgan fingerprint density at radius 3 is 2.19 bits per heavy atom. The molecule has 1 saturated heterocycles. The van der Waals surface area contributed by atoms with Crippen LogP contribution in [-0.4, -0.2) is 56.2 Å². The number of hydrogen-bond donors (Lipinski definition) is 1. The Balaban J connectivity index is 0.000000458. The van der Waals surface area contributed by atoms with Gasteiger partial charge in [-0.2, -0.15) is 5.26 Å². The summed E-state index contributed by atoms with van der Waals surface area (Å²) >= 11 is 0. The van der Waals surface area contributed by atoms with Gasteiger partial charge < -0.3 is 20.3 Å². The molecule has 1 heterocycles. The van der Waals surface area contributed by atoms with E-state index in [0.717, 1.165) is 61.5 Å². The highest BCUT2D eigenvalue weighted by molar-refractivity contribution is 6.01. The van der Waals surface area contributed by atoms with Crippen LogP contribution in [0, 0.1) is 17.2 Å². The molecule has 3 rings (SSSR count). The number of primary amides is 1. The van der Waals surface area contributed by atoms with Crippen molar-refractivity contribution >= 4 is 28.4 Å². The van der Waals surface area contributed by atoms with E-state index in [-0.39, 0.29) is 11.2 Å².